The fraction of sp³-hybridized carbons (Fsp3) is 0.417. The van der Waals surface area contributed by atoms with Gasteiger partial charge < -0.3 is 10.0 Å². The molecule has 0 aliphatic heterocycles. The normalized spacial score (nSPS) is 10.0. The number of carbonyl (C=O) groups is 1. The number of nitrogens with zero attached hydrogens (tertiary/aromatic N) is 1. The van der Waals surface area contributed by atoms with Gasteiger partial charge in [0.15, 0.2) is 0 Å². The summed E-state index contributed by atoms with van der Waals surface area (Å²) in [6.45, 7) is 0.864. The first-order valence-corrected chi connectivity index (χ1v) is 5.63. The van der Waals surface area contributed by atoms with Crippen LogP contribution in [0.25, 0.3) is 0 Å². The summed E-state index contributed by atoms with van der Waals surface area (Å²) in [7, 11) is 1.98. The van der Waals surface area contributed by atoms with Crippen molar-refractivity contribution in [1.29, 1.82) is 0 Å². The maximum Gasteiger partial charge on any atom is 0.233 e. The number of anilines is 1. The third-order valence-corrected chi connectivity index (χ3v) is 2.60. The molecule has 0 saturated carbocycles. The summed E-state index contributed by atoms with van der Waals surface area (Å²) in [5.74, 6) is 5.12. The predicted octanol–water partition coefficient (Wildman–Crippen LogP) is 0.989. The smallest absolute Gasteiger partial charge is 0.233 e. The predicted molar refractivity (Wildman–Crippen MR) is 67.6 cm³/mol. The second-order valence-corrected chi connectivity index (χ2v) is 3.96. The summed E-state index contributed by atoms with van der Waals surface area (Å²) < 4.78 is 0. The molecule has 5 heteroatoms. The lowest BCUT2D eigenvalue weighted by atomic mass is 10.2. The highest BCUT2D eigenvalue weighted by molar-refractivity contribution is 5.75. The number of phenols is 1. The molecule has 0 bridgehead atoms. The van der Waals surface area contributed by atoms with Gasteiger partial charge in [0.1, 0.15) is 5.75 Å². The van der Waals surface area contributed by atoms with Crippen molar-refractivity contribution in [2.75, 3.05) is 18.5 Å². The quantitative estimate of drug-likeness (QED) is 0.298. The van der Waals surface area contributed by atoms with Crippen molar-refractivity contribution in [3.63, 3.8) is 0 Å². The Labute approximate surface area is 101 Å². The van der Waals surface area contributed by atoms with E-state index in [0.29, 0.717) is 6.42 Å². The average molecular weight is 237 g/mol. The number of unbranched alkanes of at least 4 members (excludes halogenated alkanes) is 1. The number of amides is 1. The molecule has 0 spiro atoms. The molecule has 0 aromatic heterocycles. The lowest BCUT2D eigenvalue weighted by Gasteiger charge is -2.19. The molecule has 5 nitrogen and oxygen atoms in total. The van der Waals surface area contributed by atoms with Crippen LogP contribution < -0.4 is 16.2 Å². The first-order chi connectivity index (χ1) is 8.13. The molecule has 0 radical (unpaired) electrons. The molecule has 0 unspecified atom stereocenters. The lowest BCUT2D eigenvalue weighted by molar-refractivity contribution is -0.121. The topological polar surface area (TPSA) is 78.6 Å². The van der Waals surface area contributed by atoms with Gasteiger partial charge in [-0.15, -0.1) is 0 Å². The van der Waals surface area contributed by atoms with Crippen LogP contribution in [0.5, 0.6) is 5.75 Å². The van der Waals surface area contributed by atoms with E-state index < -0.39 is 0 Å². The van der Waals surface area contributed by atoms with E-state index in [9.17, 15) is 4.79 Å². The number of carbonyl (C=O) groups excluding carboxylic acids is 1. The maximum atomic E-state index is 10.9. The van der Waals surface area contributed by atoms with Gasteiger partial charge in [0, 0.05) is 25.7 Å². The summed E-state index contributed by atoms with van der Waals surface area (Å²) >= 11 is 0. The molecule has 1 aromatic rings. The summed E-state index contributed by atoms with van der Waals surface area (Å²) in [5, 5.41) is 9.17. The molecule has 4 N–H and O–H groups in total. The van der Waals surface area contributed by atoms with Gasteiger partial charge in [-0.25, -0.2) is 5.84 Å². The summed E-state index contributed by atoms with van der Waals surface area (Å²) in [4.78, 5) is 13.0. The highest BCUT2D eigenvalue weighted by Crippen LogP contribution is 2.17. The van der Waals surface area contributed by atoms with Crippen LogP contribution in [0, 0.1) is 0 Å². The van der Waals surface area contributed by atoms with Crippen LogP contribution in [0.4, 0.5) is 5.69 Å². The molecule has 94 valence electrons. The van der Waals surface area contributed by atoms with Gasteiger partial charge >= 0.3 is 0 Å². The minimum Gasteiger partial charge on any atom is -0.508 e. The zero-order valence-corrected chi connectivity index (χ0v) is 10.0. The largest absolute Gasteiger partial charge is 0.508 e. The molecule has 0 fully saturated rings. The Morgan fingerprint density at radius 3 is 2.59 bits per heavy atom. The highest BCUT2D eigenvalue weighted by atomic mass is 16.3. The number of benzene rings is 1. The minimum atomic E-state index is -0.128. The van der Waals surface area contributed by atoms with Gasteiger partial charge in [-0.3, -0.25) is 10.2 Å². The highest BCUT2D eigenvalue weighted by Gasteiger charge is 2.02. The molecule has 0 atom stereocenters. The van der Waals surface area contributed by atoms with Gasteiger partial charge in [0.2, 0.25) is 5.91 Å². The zero-order chi connectivity index (χ0) is 12.7. The number of phenolic OH excluding ortho intramolecular Hbond substituents is 1. The zero-order valence-electron chi connectivity index (χ0n) is 10.0. The van der Waals surface area contributed by atoms with Crippen molar-refractivity contribution in [2.24, 2.45) is 5.84 Å². The Bertz CT molecular complexity index is 351. The third-order valence-electron chi connectivity index (χ3n) is 2.60. The monoisotopic (exact) mass is 237 g/mol. The van der Waals surface area contributed by atoms with Gasteiger partial charge in [-0.1, -0.05) is 0 Å². The van der Waals surface area contributed by atoms with Gasteiger partial charge in [-0.2, -0.15) is 0 Å². The van der Waals surface area contributed by atoms with E-state index in [1.165, 1.54) is 0 Å². The molecule has 0 aliphatic carbocycles. The molecule has 0 saturated heterocycles. The Morgan fingerprint density at radius 2 is 2.00 bits per heavy atom. The van der Waals surface area contributed by atoms with Crippen LogP contribution in [-0.2, 0) is 4.79 Å². The second-order valence-electron chi connectivity index (χ2n) is 3.96. The summed E-state index contributed by atoms with van der Waals surface area (Å²) in [6, 6.07) is 7.05. The molecule has 0 heterocycles. The fourth-order valence-electron chi connectivity index (χ4n) is 1.54. The van der Waals surface area contributed by atoms with Crippen molar-refractivity contribution in [1.82, 2.24) is 5.43 Å². The number of hydrogen-bond donors (Lipinski definition) is 3. The van der Waals surface area contributed by atoms with Crippen molar-refractivity contribution in [2.45, 2.75) is 19.3 Å². The van der Waals surface area contributed by atoms with Crippen molar-refractivity contribution in [3.8, 4) is 5.75 Å². The van der Waals surface area contributed by atoms with Crippen LogP contribution in [0.3, 0.4) is 0 Å². The number of nitrogens with two attached hydrogens (primary N) is 1. The number of hydrogen-bond acceptors (Lipinski definition) is 4. The van der Waals surface area contributed by atoms with Crippen LogP contribution in [0.15, 0.2) is 24.3 Å². The SMILES string of the molecule is CN(CCCCC(=O)NN)c1ccc(O)cc1. The van der Waals surface area contributed by atoms with Crippen LogP contribution in [0.2, 0.25) is 0 Å². The molecule has 1 aromatic carbocycles. The first-order valence-electron chi connectivity index (χ1n) is 5.63. The number of hydrazine groups is 1. The lowest BCUT2D eigenvalue weighted by Crippen LogP contribution is -2.29. The van der Waals surface area contributed by atoms with Gasteiger partial charge in [0.05, 0.1) is 0 Å². The van der Waals surface area contributed by atoms with E-state index in [1.54, 1.807) is 12.1 Å². The van der Waals surface area contributed by atoms with Gasteiger partial charge in [-0.05, 0) is 37.1 Å². The maximum absolute atomic E-state index is 10.9. The van der Waals surface area contributed by atoms with Crippen molar-refractivity contribution >= 4 is 11.6 Å². The van der Waals surface area contributed by atoms with E-state index in [0.717, 1.165) is 25.1 Å². The molecular weight excluding hydrogens is 218 g/mol. The number of nitrogens with one attached hydrogen (secondary N) is 1. The van der Waals surface area contributed by atoms with E-state index in [2.05, 4.69) is 10.3 Å². The van der Waals surface area contributed by atoms with Crippen molar-refractivity contribution in [3.05, 3.63) is 24.3 Å². The van der Waals surface area contributed by atoms with Crippen LogP contribution in [-0.4, -0.2) is 24.6 Å². The molecule has 0 aliphatic rings. The van der Waals surface area contributed by atoms with E-state index in [-0.39, 0.29) is 11.7 Å². The Morgan fingerprint density at radius 1 is 1.35 bits per heavy atom. The fourth-order valence-corrected chi connectivity index (χ4v) is 1.54. The van der Waals surface area contributed by atoms with E-state index in [4.69, 9.17) is 10.9 Å². The Kier molecular flexibility index (Phi) is 5.29. The van der Waals surface area contributed by atoms with Gasteiger partial charge in [0.25, 0.3) is 0 Å². The van der Waals surface area contributed by atoms with Crippen LogP contribution >= 0.6 is 0 Å². The van der Waals surface area contributed by atoms with Crippen LogP contribution in [0.1, 0.15) is 19.3 Å². The Hall–Kier alpha value is -1.75. The second kappa shape index (κ2) is 6.75. The van der Waals surface area contributed by atoms with Crippen molar-refractivity contribution < 1.29 is 9.90 Å². The molecule has 1 rings (SSSR count). The minimum absolute atomic E-state index is 0.128. The molecule has 1 amide bonds. The number of aromatic hydroxyl groups is 1. The molecule has 17 heavy (non-hydrogen) atoms. The van der Waals surface area contributed by atoms with E-state index in [1.807, 2.05) is 19.2 Å². The standard InChI is InChI=1S/C12H19N3O2/c1-15(9-3-2-4-12(17)14-13)10-5-7-11(16)8-6-10/h5-8,16H,2-4,9,13H2,1H3,(H,14,17). The summed E-state index contributed by atoms with van der Waals surface area (Å²) in [5.41, 5.74) is 3.16. The Balaban J connectivity index is 2.27. The first kappa shape index (κ1) is 13.3. The third kappa shape index (κ3) is 4.74. The summed E-state index contributed by atoms with van der Waals surface area (Å²) in [6.07, 6.45) is 2.19. The number of rotatable bonds is 6. The molecular formula is C12H19N3O2. The van der Waals surface area contributed by atoms with E-state index >= 15 is 0 Å². The average Bonchev–Trinajstić information content (AvgIpc) is 2.34.